The molecule has 0 atom stereocenters. The van der Waals surface area contributed by atoms with Crippen molar-refractivity contribution in [2.24, 2.45) is 4.99 Å². The van der Waals surface area contributed by atoms with Gasteiger partial charge in [0, 0.05) is 6.21 Å². The molecule has 0 aliphatic carbocycles. The van der Waals surface area contributed by atoms with Gasteiger partial charge in [0.1, 0.15) is 5.75 Å². The zero-order valence-corrected chi connectivity index (χ0v) is 15.6. The van der Waals surface area contributed by atoms with Gasteiger partial charge in [0.25, 0.3) is 0 Å². The zero-order valence-electron chi connectivity index (χ0n) is 13.9. The Morgan fingerprint density at radius 1 is 0.880 bits per heavy atom. The predicted molar refractivity (Wildman–Crippen MR) is 98.9 cm³/mol. The van der Waals surface area contributed by atoms with Gasteiger partial charge in [0.05, 0.1) is 31.0 Å². The van der Waals surface area contributed by atoms with Crippen molar-refractivity contribution in [3.8, 4) is 5.75 Å². The molecule has 0 bridgehead atoms. The fourth-order valence-corrected chi connectivity index (χ4v) is 5.11. The van der Waals surface area contributed by atoms with Gasteiger partial charge in [0.15, 0.2) is 0 Å². The summed E-state index contributed by atoms with van der Waals surface area (Å²) in [6, 6.07) is 13.2. The summed E-state index contributed by atoms with van der Waals surface area (Å²) in [7, 11) is -6.32. The molecule has 0 saturated heterocycles. The standard InChI is InChI=1S/C16H18N2O5S2/c1-23-16-10-6-14(7-11-16)17-12-13-4-8-15(9-5-13)18(24(2,19)20)25(3,21)22/h4-12H,1-3H3. The summed E-state index contributed by atoms with van der Waals surface area (Å²) in [5, 5.41) is 0. The van der Waals surface area contributed by atoms with Crippen LogP contribution in [0.1, 0.15) is 5.56 Å². The molecule has 7 nitrogen and oxygen atoms in total. The van der Waals surface area contributed by atoms with E-state index in [4.69, 9.17) is 4.74 Å². The van der Waals surface area contributed by atoms with E-state index in [1.165, 1.54) is 12.1 Å². The number of anilines is 1. The van der Waals surface area contributed by atoms with Crippen LogP contribution in [0.4, 0.5) is 11.4 Å². The number of benzene rings is 2. The number of methoxy groups -OCH3 is 1. The van der Waals surface area contributed by atoms with E-state index in [0.29, 0.717) is 9.27 Å². The molecule has 0 radical (unpaired) electrons. The molecule has 0 amide bonds. The topological polar surface area (TPSA) is 93.1 Å². The molecule has 0 heterocycles. The maximum absolute atomic E-state index is 11.7. The molecule has 9 heteroatoms. The Balaban J connectivity index is 2.25. The SMILES string of the molecule is COc1ccc(N=Cc2ccc(N(S(C)(=O)=O)S(C)(=O)=O)cc2)cc1. The smallest absolute Gasteiger partial charge is 0.245 e. The van der Waals surface area contributed by atoms with E-state index in [0.717, 1.165) is 23.9 Å². The second-order valence-corrected chi connectivity index (χ2v) is 9.16. The van der Waals surface area contributed by atoms with E-state index in [-0.39, 0.29) is 5.69 Å². The minimum atomic E-state index is -3.95. The molecule has 0 saturated carbocycles. The minimum absolute atomic E-state index is 0.0478. The number of rotatable bonds is 6. The van der Waals surface area contributed by atoms with Gasteiger partial charge in [-0.1, -0.05) is 12.1 Å². The van der Waals surface area contributed by atoms with Crippen LogP contribution >= 0.6 is 0 Å². The van der Waals surface area contributed by atoms with Crippen LogP contribution in [0.2, 0.25) is 0 Å². The van der Waals surface area contributed by atoms with Crippen LogP contribution in [0, 0.1) is 0 Å². The third kappa shape index (κ3) is 5.04. The normalized spacial score (nSPS) is 12.3. The Bertz CT molecular complexity index is 932. The van der Waals surface area contributed by atoms with Gasteiger partial charge in [-0.3, -0.25) is 4.99 Å². The molecule has 2 rings (SSSR count). The lowest BCUT2D eigenvalue weighted by atomic mass is 10.2. The van der Waals surface area contributed by atoms with Crippen molar-refractivity contribution in [2.75, 3.05) is 23.3 Å². The molecule has 0 aliphatic rings. The molecule has 0 N–H and O–H groups in total. The van der Waals surface area contributed by atoms with E-state index in [1.807, 2.05) is 0 Å². The average Bonchev–Trinajstić information content (AvgIpc) is 2.52. The first-order valence-electron chi connectivity index (χ1n) is 7.10. The van der Waals surface area contributed by atoms with E-state index >= 15 is 0 Å². The zero-order chi connectivity index (χ0) is 18.7. The summed E-state index contributed by atoms with van der Waals surface area (Å²) in [5.74, 6) is 0.727. The first-order chi connectivity index (χ1) is 11.6. The molecule has 0 aromatic heterocycles. The summed E-state index contributed by atoms with van der Waals surface area (Å²) < 4.78 is 52.4. The van der Waals surface area contributed by atoms with Crippen molar-refractivity contribution in [3.05, 3.63) is 54.1 Å². The lowest BCUT2D eigenvalue weighted by Crippen LogP contribution is -2.35. The Hall–Kier alpha value is -2.39. The largest absolute Gasteiger partial charge is 0.497 e. The second kappa shape index (κ2) is 7.24. The third-order valence-corrected chi connectivity index (χ3v) is 6.39. The quantitative estimate of drug-likeness (QED) is 0.714. The first kappa shape index (κ1) is 18.9. The molecule has 0 fully saturated rings. The van der Waals surface area contributed by atoms with E-state index < -0.39 is 20.0 Å². The molecular formula is C16H18N2O5S2. The minimum Gasteiger partial charge on any atom is -0.497 e. The summed E-state index contributed by atoms with van der Waals surface area (Å²) >= 11 is 0. The van der Waals surface area contributed by atoms with Crippen LogP contribution in [0.25, 0.3) is 0 Å². The van der Waals surface area contributed by atoms with Gasteiger partial charge >= 0.3 is 0 Å². The molecule has 134 valence electrons. The van der Waals surface area contributed by atoms with Gasteiger partial charge < -0.3 is 4.74 Å². The van der Waals surface area contributed by atoms with Gasteiger partial charge in [-0.05, 0) is 42.0 Å². The van der Waals surface area contributed by atoms with Crippen LogP contribution in [-0.4, -0.2) is 42.7 Å². The summed E-state index contributed by atoms with van der Waals surface area (Å²) in [4.78, 5) is 4.29. The monoisotopic (exact) mass is 382 g/mol. The average molecular weight is 382 g/mol. The molecule has 25 heavy (non-hydrogen) atoms. The van der Waals surface area contributed by atoms with Crippen molar-refractivity contribution in [2.45, 2.75) is 0 Å². The second-order valence-electron chi connectivity index (χ2n) is 5.27. The Morgan fingerprint density at radius 3 is 1.84 bits per heavy atom. The van der Waals surface area contributed by atoms with Crippen molar-refractivity contribution in [1.29, 1.82) is 0 Å². The van der Waals surface area contributed by atoms with Gasteiger partial charge in [0.2, 0.25) is 20.0 Å². The fourth-order valence-electron chi connectivity index (χ4n) is 2.13. The predicted octanol–water partition coefficient (Wildman–Crippen LogP) is 2.17. The van der Waals surface area contributed by atoms with Crippen molar-refractivity contribution < 1.29 is 21.6 Å². The highest BCUT2D eigenvalue weighted by atomic mass is 32.3. The number of aliphatic imine (C=N–C) groups is 1. The molecule has 0 aliphatic heterocycles. The van der Waals surface area contributed by atoms with Gasteiger partial charge in [-0.25, -0.2) is 16.8 Å². The van der Waals surface area contributed by atoms with E-state index in [1.54, 1.807) is 49.7 Å². The van der Waals surface area contributed by atoms with Crippen LogP contribution in [0.3, 0.4) is 0 Å². The summed E-state index contributed by atoms with van der Waals surface area (Å²) in [6.07, 6.45) is 3.27. The van der Waals surface area contributed by atoms with Crippen LogP contribution in [0.5, 0.6) is 5.75 Å². The van der Waals surface area contributed by atoms with Crippen LogP contribution in [0.15, 0.2) is 53.5 Å². The Labute approximate surface area is 147 Å². The molecule has 2 aromatic rings. The summed E-state index contributed by atoms with van der Waals surface area (Å²) in [5.41, 5.74) is 1.46. The number of ether oxygens (including phenoxy) is 1. The number of hydrogen-bond donors (Lipinski definition) is 0. The van der Waals surface area contributed by atoms with Gasteiger partial charge in [-0.15, -0.1) is 0 Å². The molecule has 0 spiro atoms. The first-order valence-corrected chi connectivity index (χ1v) is 10.8. The fraction of sp³-hybridized carbons (Fsp3) is 0.188. The number of nitrogens with zero attached hydrogens (tertiary/aromatic N) is 2. The maximum Gasteiger partial charge on any atom is 0.245 e. The lowest BCUT2D eigenvalue weighted by Gasteiger charge is -2.19. The molecule has 0 unspecified atom stereocenters. The highest BCUT2D eigenvalue weighted by molar-refractivity contribution is 8.09. The maximum atomic E-state index is 11.7. The van der Waals surface area contributed by atoms with E-state index in [2.05, 4.69) is 4.99 Å². The van der Waals surface area contributed by atoms with Crippen molar-refractivity contribution in [1.82, 2.24) is 0 Å². The Kier molecular flexibility index (Phi) is 5.48. The van der Waals surface area contributed by atoms with E-state index in [9.17, 15) is 16.8 Å². The van der Waals surface area contributed by atoms with Crippen LogP contribution in [-0.2, 0) is 20.0 Å². The van der Waals surface area contributed by atoms with Crippen molar-refractivity contribution in [3.63, 3.8) is 0 Å². The van der Waals surface area contributed by atoms with Crippen molar-refractivity contribution >= 4 is 37.6 Å². The highest BCUT2D eigenvalue weighted by Gasteiger charge is 2.26. The number of hydrogen-bond acceptors (Lipinski definition) is 6. The Morgan fingerprint density at radius 2 is 1.40 bits per heavy atom. The summed E-state index contributed by atoms with van der Waals surface area (Å²) in [6.45, 7) is 0. The lowest BCUT2D eigenvalue weighted by molar-refractivity contribution is 0.415. The third-order valence-electron chi connectivity index (χ3n) is 3.14. The molecule has 2 aromatic carbocycles. The number of sulfonamides is 2. The highest BCUT2D eigenvalue weighted by Crippen LogP contribution is 2.22. The van der Waals surface area contributed by atoms with Gasteiger partial charge in [-0.2, -0.15) is 3.71 Å². The van der Waals surface area contributed by atoms with Crippen LogP contribution < -0.4 is 8.45 Å². The molecular weight excluding hydrogens is 364 g/mol.